The van der Waals surface area contributed by atoms with Crippen LogP contribution in [0.4, 0.5) is 4.39 Å². The van der Waals surface area contributed by atoms with Gasteiger partial charge in [0.05, 0.1) is 0 Å². The second-order valence-electron chi connectivity index (χ2n) is 6.07. The molecule has 27 heavy (non-hydrogen) atoms. The summed E-state index contributed by atoms with van der Waals surface area (Å²) in [5.74, 6) is 1.38. The number of rotatable bonds is 6. The van der Waals surface area contributed by atoms with Gasteiger partial charge in [-0.25, -0.2) is 4.39 Å². The Balaban J connectivity index is 1.64. The Bertz CT molecular complexity index is 999. The Morgan fingerprint density at radius 3 is 2.15 bits per heavy atom. The summed E-state index contributed by atoms with van der Waals surface area (Å²) in [6.07, 6.45) is 0.947. The summed E-state index contributed by atoms with van der Waals surface area (Å²) in [5, 5.41) is 9.62. The monoisotopic (exact) mass is 375 g/mol. The van der Waals surface area contributed by atoms with Crippen LogP contribution in [0.2, 0.25) is 0 Å². The molecule has 3 nitrogen and oxygen atoms in total. The molecule has 0 fully saturated rings. The van der Waals surface area contributed by atoms with Crippen molar-refractivity contribution in [2.45, 2.75) is 11.6 Å². The summed E-state index contributed by atoms with van der Waals surface area (Å²) in [6, 6.07) is 26.7. The first-order chi connectivity index (χ1) is 13.3. The summed E-state index contributed by atoms with van der Waals surface area (Å²) in [5.41, 5.74) is 3.12. The van der Waals surface area contributed by atoms with Gasteiger partial charge in [-0.05, 0) is 36.2 Å². The minimum absolute atomic E-state index is 0.258. The lowest BCUT2D eigenvalue weighted by atomic mass is 10.2. The molecule has 134 valence electrons. The van der Waals surface area contributed by atoms with Gasteiger partial charge in [-0.3, -0.25) is 4.57 Å². The first-order valence-electron chi connectivity index (χ1n) is 8.75. The average molecular weight is 375 g/mol. The zero-order chi connectivity index (χ0) is 18.5. The molecular formula is C22H18FN3S. The van der Waals surface area contributed by atoms with E-state index in [-0.39, 0.29) is 5.82 Å². The summed E-state index contributed by atoms with van der Waals surface area (Å²) in [6.45, 7) is 0. The molecule has 0 aliphatic heterocycles. The van der Waals surface area contributed by atoms with Gasteiger partial charge in [0, 0.05) is 17.0 Å². The Morgan fingerprint density at radius 2 is 1.44 bits per heavy atom. The number of aryl methyl sites for hydroxylation is 1. The van der Waals surface area contributed by atoms with Crippen LogP contribution in [0.3, 0.4) is 0 Å². The molecule has 0 spiro atoms. The van der Waals surface area contributed by atoms with E-state index in [0.717, 1.165) is 34.4 Å². The molecule has 0 saturated heterocycles. The van der Waals surface area contributed by atoms with Crippen molar-refractivity contribution < 1.29 is 4.39 Å². The predicted octanol–water partition coefficient (Wildman–Crippen LogP) is 5.41. The van der Waals surface area contributed by atoms with Gasteiger partial charge in [0.25, 0.3) is 0 Å². The highest BCUT2D eigenvalue weighted by molar-refractivity contribution is 7.99. The second kappa shape index (κ2) is 8.18. The molecule has 0 aliphatic carbocycles. The third-order valence-electron chi connectivity index (χ3n) is 4.21. The van der Waals surface area contributed by atoms with Gasteiger partial charge in [0.2, 0.25) is 0 Å². The molecular weight excluding hydrogens is 357 g/mol. The molecule has 0 amide bonds. The van der Waals surface area contributed by atoms with Gasteiger partial charge >= 0.3 is 0 Å². The third kappa shape index (κ3) is 4.09. The van der Waals surface area contributed by atoms with E-state index in [1.54, 1.807) is 23.9 Å². The molecule has 0 saturated carbocycles. The van der Waals surface area contributed by atoms with Crippen LogP contribution in [0.25, 0.3) is 17.1 Å². The fraction of sp³-hybridized carbons (Fsp3) is 0.0909. The van der Waals surface area contributed by atoms with Crippen LogP contribution in [0.5, 0.6) is 0 Å². The Labute approximate surface area is 161 Å². The third-order valence-corrected chi connectivity index (χ3v) is 5.15. The molecule has 0 aliphatic rings. The van der Waals surface area contributed by atoms with Crippen LogP contribution < -0.4 is 0 Å². The SMILES string of the molecule is Fc1ccc(-n2c(SCCc3ccccc3)nnc2-c2ccccc2)cc1. The number of thioether (sulfide) groups is 1. The largest absolute Gasteiger partial charge is 0.270 e. The highest BCUT2D eigenvalue weighted by atomic mass is 32.2. The van der Waals surface area contributed by atoms with Crippen molar-refractivity contribution in [3.05, 3.63) is 96.3 Å². The number of hydrogen-bond donors (Lipinski definition) is 0. The Hall–Kier alpha value is -2.92. The number of halogens is 1. The standard InChI is InChI=1S/C22H18FN3S/c23-19-11-13-20(14-12-19)26-21(18-9-5-2-6-10-18)24-25-22(26)27-16-15-17-7-3-1-4-8-17/h1-14H,15-16H2. The zero-order valence-electron chi connectivity index (χ0n) is 14.6. The van der Waals surface area contributed by atoms with Gasteiger partial charge in [-0.2, -0.15) is 0 Å². The zero-order valence-corrected chi connectivity index (χ0v) is 15.4. The minimum Gasteiger partial charge on any atom is -0.270 e. The van der Waals surface area contributed by atoms with Crippen molar-refractivity contribution >= 4 is 11.8 Å². The lowest BCUT2D eigenvalue weighted by Gasteiger charge is -2.10. The molecule has 1 heterocycles. The van der Waals surface area contributed by atoms with Crippen molar-refractivity contribution in [3.63, 3.8) is 0 Å². The molecule has 0 bridgehead atoms. The maximum atomic E-state index is 13.4. The van der Waals surface area contributed by atoms with Gasteiger partial charge in [-0.15, -0.1) is 10.2 Å². The van der Waals surface area contributed by atoms with E-state index in [4.69, 9.17) is 0 Å². The van der Waals surface area contributed by atoms with Crippen LogP contribution in [0.15, 0.2) is 90.1 Å². The van der Waals surface area contributed by atoms with Gasteiger partial charge < -0.3 is 0 Å². The number of nitrogens with zero attached hydrogens (tertiary/aromatic N) is 3. The average Bonchev–Trinajstić information content (AvgIpc) is 3.14. The highest BCUT2D eigenvalue weighted by Crippen LogP contribution is 2.28. The molecule has 0 unspecified atom stereocenters. The van der Waals surface area contributed by atoms with E-state index in [9.17, 15) is 4.39 Å². The Morgan fingerprint density at radius 1 is 0.778 bits per heavy atom. The lowest BCUT2D eigenvalue weighted by Crippen LogP contribution is -2.00. The van der Waals surface area contributed by atoms with Crippen LogP contribution in [-0.4, -0.2) is 20.5 Å². The van der Waals surface area contributed by atoms with Crippen molar-refractivity contribution in [2.24, 2.45) is 0 Å². The molecule has 0 radical (unpaired) electrons. The van der Waals surface area contributed by atoms with Crippen LogP contribution in [-0.2, 0) is 6.42 Å². The number of aromatic nitrogens is 3. The molecule has 3 aromatic carbocycles. The first-order valence-corrected chi connectivity index (χ1v) is 9.73. The summed E-state index contributed by atoms with van der Waals surface area (Å²) < 4.78 is 15.4. The van der Waals surface area contributed by atoms with Gasteiger partial charge in [0.15, 0.2) is 11.0 Å². The van der Waals surface area contributed by atoms with E-state index in [0.29, 0.717) is 0 Å². The lowest BCUT2D eigenvalue weighted by molar-refractivity contribution is 0.627. The molecule has 1 aromatic heterocycles. The van der Waals surface area contributed by atoms with Crippen molar-refractivity contribution in [3.8, 4) is 17.1 Å². The Kier molecular flexibility index (Phi) is 5.30. The maximum Gasteiger partial charge on any atom is 0.196 e. The van der Waals surface area contributed by atoms with Gasteiger partial charge in [-0.1, -0.05) is 72.4 Å². The van der Waals surface area contributed by atoms with E-state index in [1.807, 2.05) is 41.0 Å². The molecule has 4 rings (SSSR count). The molecule has 0 N–H and O–H groups in total. The minimum atomic E-state index is -0.258. The van der Waals surface area contributed by atoms with Crippen molar-refractivity contribution in [1.29, 1.82) is 0 Å². The maximum absolute atomic E-state index is 13.4. The normalized spacial score (nSPS) is 10.9. The van der Waals surface area contributed by atoms with Gasteiger partial charge in [0.1, 0.15) is 5.82 Å². The van der Waals surface area contributed by atoms with Crippen LogP contribution in [0.1, 0.15) is 5.56 Å². The van der Waals surface area contributed by atoms with E-state index in [1.165, 1.54) is 17.7 Å². The highest BCUT2D eigenvalue weighted by Gasteiger charge is 2.16. The number of benzene rings is 3. The molecule has 5 heteroatoms. The molecule has 4 aromatic rings. The smallest absolute Gasteiger partial charge is 0.196 e. The van der Waals surface area contributed by atoms with E-state index >= 15 is 0 Å². The predicted molar refractivity (Wildman–Crippen MR) is 108 cm³/mol. The fourth-order valence-electron chi connectivity index (χ4n) is 2.87. The quantitative estimate of drug-likeness (QED) is 0.422. The summed E-state index contributed by atoms with van der Waals surface area (Å²) >= 11 is 1.65. The molecule has 0 atom stereocenters. The topological polar surface area (TPSA) is 30.7 Å². The first kappa shape index (κ1) is 17.5. The van der Waals surface area contributed by atoms with Crippen molar-refractivity contribution in [1.82, 2.24) is 14.8 Å². The second-order valence-corrected chi connectivity index (χ2v) is 7.13. The van der Waals surface area contributed by atoms with Crippen LogP contribution >= 0.6 is 11.8 Å². The van der Waals surface area contributed by atoms with Crippen molar-refractivity contribution in [2.75, 3.05) is 5.75 Å². The summed E-state index contributed by atoms with van der Waals surface area (Å²) in [4.78, 5) is 0. The number of hydrogen-bond acceptors (Lipinski definition) is 3. The van der Waals surface area contributed by atoms with E-state index < -0.39 is 0 Å². The van der Waals surface area contributed by atoms with E-state index in [2.05, 4.69) is 34.5 Å². The summed E-state index contributed by atoms with van der Waals surface area (Å²) in [7, 11) is 0. The fourth-order valence-corrected chi connectivity index (χ4v) is 3.81. The van der Waals surface area contributed by atoms with Crippen LogP contribution in [0, 0.1) is 5.82 Å².